The van der Waals surface area contributed by atoms with Gasteiger partial charge in [-0.2, -0.15) is 0 Å². The fourth-order valence-corrected chi connectivity index (χ4v) is 3.58. The number of nitrogens with zero attached hydrogens (tertiary/aromatic N) is 1. The van der Waals surface area contributed by atoms with Crippen molar-refractivity contribution in [2.24, 2.45) is 0 Å². The molecule has 1 fully saturated rings. The van der Waals surface area contributed by atoms with Crippen molar-refractivity contribution in [2.75, 3.05) is 13.1 Å². The van der Waals surface area contributed by atoms with E-state index in [-0.39, 0.29) is 5.91 Å². The number of hydrogen-bond acceptors (Lipinski definition) is 2. The van der Waals surface area contributed by atoms with Crippen LogP contribution >= 0.6 is 23.2 Å². The number of carbonyl (C=O) groups is 1. The van der Waals surface area contributed by atoms with Crippen molar-refractivity contribution >= 4 is 29.1 Å². The van der Waals surface area contributed by atoms with Crippen LogP contribution in [-0.4, -0.2) is 23.9 Å². The lowest BCUT2D eigenvalue weighted by atomic mass is 10.0. The molecule has 0 aromatic heterocycles. The van der Waals surface area contributed by atoms with E-state index in [1.807, 2.05) is 6.07 Å². The summed E-state index contributed by atoms with van der Waals surface area (Å²) in [7, 11) is 0. The molecule has 25 heavy (non-hydrogen) atoms. The molecule has 1 aliphatic rings. The van der Waals surface area contributed by atoms with Crippen LogP contribution in [0.5, 0.6) is 0 Å². The van der Waals surface area contributed by atoms with Gasteiger partial charge in [-0.1, -0.05) is 60.0 Å². The standard InChI is InChI=1S/C20H22Cl2N2O/c21-18-10-6-9-17(19(18)22)20(25)23-13-15-7-2-3-8-16(15)14-24-11-4-1-5-12-24/h2-3,6-10H,1,4-5,11-14H2,(H,23,25). The van der Waals surface area contributed by atoms with Gasteiger partial charge in [-0.25, -0.2) is 0 Å². The maximum Gasteiger partial charge on any atom is 0.253 e. The Labute approximate surface area is 158 Å². The third-order valence-corrected chi connectivity index (χ3v) is 5.42. The summed E-state index contributed by atoms with van der Waals surface area (Å²) in [6.07, 6.45) is 3.87. The molecule has 1 aliphatic heterocycles. The molecule has 1 saturated heterocycles. The molecule has 132 valence electrons. The number of rotatable bonds is 5. The van der Waals surface area contributed by atoms with Crippen molar-refractivity contribution in [2.45, 2.75) is 32.4 Å². The summed E-state index contributed by atoms with van der Waals surface area (Å²) in [6.45, 7) is 3.72. The number of nitrogens with one attached hydrogen (secondary N) is 1. The third-order valence-electron chi connectivity index (χ3n) is 4.60. The molecule has 0 aliphatic carbocycles. The van der Waals surface area contributed by atoms with E-state index in [0.29, 0.717) is 22.2 Å². The largest absolute Gasteiger partial charge is 0.348 e. The van der Waals surface area contributed by atoms with Crippen LogP contribution in [0.4, 0.5) is 0 Å². The SMILES string of the molecule is O=C(NCc1ccccc1CN1CCCCC1)c1cccc(Cl)c1Cl. The second kappa shape index (κ2) is 8.70. The average molecular weight is 377 g/mol. The molecule has 0 bridgehead atoms. The highest BCUT2D eigenvalue weighted by Crippen LogP contribution is 2.25. The van der Waals surface area contributed by atoms with Gasteiger partial charge in [0.25, 0.3) is 5.91 Å². The van der Waals surface area contributed by atoms with Crippen molar-refractivity contribution in [3.8, 4) is 0 Å². The third kappa shape index (κ3) is 4.75. The minimum Gasteiger partial charge on any atom is -0.348 e. The van der Waals surface area contributed by atoms with E-state index in [2.05, 4.69) is 28.4 Å². The number of piperidine rings is 1. The lowest BCUT2D eigenvalue weighted by molar-refractivity contribution is 0.0951. The smallest absolute Gasteiger partial charge is 0.253 e. The van der Waals surface area contributed by atoms with E-state index < -0.39 is 0 Å². The zero-order valence-corrected chi connectivity index (χ0v) is 15.6. The zero-order chi connectivity index (χ0) is 17.6. The molecule has 0 radical (unpaired) electrons. The minimum atomic E-state index is -0.208. The first-order valence-electron chi connectivity index (χ1n) is 8.66. The van der Waals surface area contributed by atoms with Crippen LogP contribution in [0.1, 0.15) is 40.7 Å². The minimum absolute atomic E-state index is 0.208. The van der Waals surface area contributed by atoms with Crippen LogP contribution in [0.15, 0.2) is 42.5 Å². The molecule has 0 saturated carbocycles. The Bertz CT molecular complexity index is 742. The number of benzene rings is 2. The molecule has 1 N–H and O–H groups in total. The molecule has 3 nitrogen and oxygen atoms in total. The second-order valence-corrected chi connectivity index (χ2v) is 7.17. The molecule has 2 aromatic rings. The summed E-state index contributed by atoms with van der Waals surface area (Å²) in [6, 6.07) is 13.4. The lowest BCUT2D eigenvalue weighted by Crippen LogP contribution is -2.30. The van der Waals surface area contributed by atoms with Gasteiger partial charge in [0.2, 0.25) is 0 Å². The van der Waals surface area contributed by atoms with Crippen molar-refractivity contribution in [3.63, 3.8) is 0 Å². The van der Waals surface area contributed by atoms with Crippen LogP contribution in [0, 0.1) is 0 Å². The molecule has 0 unspecified atom stereocenters. The van der Waals surface area contributed by atoms with Crippen LogP contribution in [-0.2, 0) is 13.1 Å². The predicted molar refractivity (Wildman–Crippen MR) is 103 cm³/mol. The molecule has 2 aromatic carbocycles. The maximum absolute atomic E-state index is 12.4. The number of amides is 1. The van der Waals surface area contributed by atoms with E-state index in [1.165, 1.54) is 24.8 Å². The zero-order valence-electron chi connectivity index (χ0n) is 14.1. The fourth-order valence-electron chi connectivity index (χ4n) is 3.19. The van der Waals surface area contributed by atoms with Crippen molar-refractivity contribution in [1.82, 2.24) is 10.2 Å². The molecular weight excluding hydrogens is 355 g/mol. The molecule has 0 spiro atoms. The van der Waals surface area contributed by atoms with Gasteiger partial charge in [-0.3, -0.25) is 9.69 Å². The Morgan fingerprint density at radius 2 is 1.68 bits per heavy atom. The van der Waals surface area contributed by atoms with E-state index in [4.69, 9.17) is 23.2 Å². The molecule has 5 heteroatoms. The van der Waals surface area contributed by atoms with Crippen molar-refractivity contribution in [1.29, 1.82) is 0 Å². The molecular formula is C20H22Cl2N2O. The summed E-state index contributed by atoms with van der Waals surface area (Å²) in [5.41, 5.74) is 2.81. The summed E-state index contributed by atoms with van der Waals surface area (Å²) < 4.78 is 0. The highest BCUT2D eigenvalue weighted by molar-refractivity contribution is 6.43. The Kier molecular flexibility index (Phi) is 6.35. The highest BCUT2D eigenvalue weighted by Gasteiger charge is 2.15. The van der Waals surface area contributed by atoms with E-state index in [0.717, 1.165) is 25.2 Å². The van der Waals surface area contributed by atoms with Crippen LogP contribution in [0.2, 0.25) is 10.0 Å². The Morgan fingerprint density at radius 3 is 2.44 bits per heavy atom. The summed E-state index contributed by atoms with van der Waals surface area (Å²) >= 11 is 12.1. The number of hydrogen-bond donors (Lipinski definition) is 1. The fraction of sp³-hybridized carbons (Fsp3) is 0.350. The summed E-state index contributed by atoms with van der Waals surface area (Å²) in [5.74, 6) is -0.208. The van der Waals surface area contributed by atoms with Gasteiger partial charge in [-0.15, -0.1) is 0 Å². The average Bonchev–Trinajstić information content (AvgIpc) is 2.64. The van der Waals surface area contributed by atoms with Gasteiger partial charge in [0.15, 0.2) is 0 Å². The highest BCUT2D eigenvalue weighted by atomic mass is 35.5. The molecule has 3 rings (SSSR count). The molecule has 1 amide bonds. The van der Waals surface area contributed by atoms with Gasteiger partial charge in [0, 0.05) is 13.1 Å². The molecule has 1 heterocycles. The van der Waals surface area contributed by atoms with Crippen LogP contribution < -0.4 is 5.32 Å². The summed E-state index contributed by atoms with van der Waals surface area (Å²) in [5, 5.41) is 3.64. The Hall–Kier alpha value is -1.55. The number of likely N-dealkylation sites (tertiary alicyclic amines) is 1. The Morgan fingerprint density at radius 1 is 0.960 bits per heavy atom. The quantitative estimate of drug-likeness (QED) is 0.803. The van der Waals surface area contributed by atoms with Crippen LogP contribution in [0.3, 0.4) is 0 Å². The Balaban J connectivity index is 1.66. The van der Waals surface area contributed by atoms with Gasteiger partial charge in [0.05, 0.1) is 15.6 Å². The lowest BCUT2D eigenvalue weighted by Gasteiger charge is -2.27. The van der Waals surface area contributed by atoms with Crippen molar-refractivity contribution in [3.05, 3.63) is 69.2 Å². The topological polar surface area (TPSA) is 32.3 Å². The monoisotopic (exact) mass is 376 g/mol. The van der Waals surface area contributed by atoms with Gasteiger partial charge in [0.1, 0.15) is 0 Å². The second-order valence-electron chi connectivity index (χ2n) is 6.39. The van der Waals surface area contributed by atoms with Crippen LogP contribution in [0.25, 0.3) is 0 Å². The predicted octanol–water partition coefficient (Wildman–Crippen LogP) is 4.91. The maximum atomic E-state index is 12.4. The summed E-state index contributed by atoms with van der Waals surface area (Å²) in [4.78, 5) is 14.9. The van der Waals surface area contributed by atoms with E-state index >= 15 is 0 Å². The first-order valence-corrected chi connectivity index (χ1v) is 9.42. The number of carbonyl (C=O) groups excluding carboxylic acids is 1. The normalized spacial score (nSPS) is 15.1. The van der Waals surface area contributed by atoms with Crippen molar-refractivity contribution < 1.29 is 4.79 Å². The van der Waals surface area contributed by atoms with E-state index in [1.54, 1.807) is 18.2 Å². The van der Waals surface area contributed by atoms with Gasteiger partial charge < -0.3 is 5.32 Å². The van der Waals surface area contributed by atoms with E-state index in [9.17, 15) is 4.79 Å². The van der Waals surface area contributed by atoms with Gasteiger partial charge >= 0.3 is 0 Å². The van der Waals surface area contributed by atoms with Gasteiger partial charge in [-0.05, 0) is 49.2 Å². The first-order chi connectivity index (χ1) is 12.1. The first kappa shape index (κ1) is 18.2. The molecule has 0 atom stereocenters. The number of halogens is 2.